The number of nitrogens with two attached hydrogens (primary N) is 1. The lowest BCUT2D eigenvalue weighted by Gasteiger charge is -2.26. The highest BCUT2D eigenvalue weighted by Gasteiger charge is 2.36. The summed E-state index contributed by atoms with van der Waals surface area (Å²) in [5, 5.41) is 16.3. The molecule has 0 spiro atoms. The van der Waals surface area contributed by atoms with Crippen LogP contribution in [0.5, 0.6) is 5.75 Å². The molecule has 1 saturated carbocycles. The Morgan fingerprint density at radius 2 is 2.02 bits per heavy atom. The van der Waals surface area contributed by atoms with Crippen LogP contribution in [0.15, 0.2) is 42.6 Å². The predicted octanol–water partition coefficient (Wildman–Crippen LogP) is 4.77. The Kier molecular flexibility index (Phi) is 6.98. The number of nitrogens with zero attached hydrogens (tertiary/aromatic N) is 4. The van der Waals surface area contributed by atoms with E-state index in [0.717, 1.165) is 53.9 Å². The Hall–Kier alpha value is -3.90. The van der Waals surface area contributed by atoms with Crippen molar-refractivity contribution in [2.45, 2.75) is 50.6 Å². The molecule has 1 aliphatic carbocycles. The smallest absolute Gasteiger partial charge is 0.405 e. The Morgan fingerprint density at radius 1 is 1.22 bits per heavy atom. The molecular formula is C29H30F3N5O4. The second kappa shape index (κ2) is 10.5. The van der Waals surface area contributed by atoms with Gasteiger partial charge in [0.2, 0.25) is 5.91 Å². The van der Waals surface area contributed by atoms with E-state index in [9.17, 15) is 23.1 Å². The lowest BCUT2D eigenvalue weighted by molar-refractivity contribution is -0.274. The van der Waals surface area contributed by atoms with Gasteiger partial charge >= 0.3 is 6.36 Å². The van der Waals surface area contributed by atoms with E-state index in [1.54, 1.807) is 16.3 Å². The summed E-state index contributed by atoms with van der Waals surface area (Å²) in [5.41, 5.74) is 8.35. The number of hydrogen-bond acceptors (Lipinski definition) is 6. The van der Waals surface area contributed by atoms with Crippen LogP contribution < -0.4 is 10.5 Å². The minimum atomic E-state index is -4.98. The number of amides is 1. The molecule has 2 unspecified atom stereocenters. The summed E-state index contributed by atoms with van der Waals surface area (Å²) in [6.07, 6.45) is -0.0242. The first-order chi connectivity index (χ1) is 19.6. The van der Waals surface area contributed by atoms with Crippen molar-refractivity contribution in [1.82, 2.24) is 19.3 Å². The van der Waals surface area contributed by atoms with Crippen LogP contribution in [0.4, 0.5) is 13.2 Å². The molecule has 3 heterocycles. The number of primary amides is 1. The average molecular weight is 570 g/mol. The number of alkyl halides is 3. The lowest BCUT2D eigenvalue weighted by Crippen LogP contribution is -2.32. The normalized spacial score (nSPS) is 18.5. The summed E-state index contributed by atoms with van der Waals surface area (Å²) >= 11 is 0. The second-order valence-corrected chi connectivity index (χ2v) is 10.8. The fourth-order valence-electron chi connectivity index (χ4n) is 5.65. The van der Waals surface area contributed by atoms with Crippen LogP contribution in [-0.2, 0) is 18.3 Å². The average Bonchev–Trinajstić information content (AvgIpc) is 3.59. The quantitative estimate of drug-likeness (QED) is 0.316. The highest BCUT2D eigenvalue weighted by atomic mass is 19.4. The van der Waals surface area contributed by atoms with Gasteiger partial charge in [-0.25, -0.2) is 4.98 Å². The van der Waals surface area contributed by atoms with Crippen LogP contribution in [0.25, 0.3) is 33.5 Å². The van der Waals surface area contributed by atoms with Gasteiger partial charge < -0.3 is 24.9 Å². The minimum Gasteiger partial charge on any atom is -0.405 e. The summed E-state index contributed by atoms with van der Waals surface area (Å²) in [6, 6.07) is 9.39. The zero-order valence-corrected chi connectivity index (χ0v) is 22.4. The third-order valence-corrected chi connectivity index (χ3v) is 7.80. The Balaban J connectivity index is 1.43. The number of ether oxygens (including phenoxy) is 2. The number of aliphatic hydroxyl groups excluding tert-OH is 1. The molecule has 0 radical (unpaired) electrons. The van der Waals surface area contributed by atoms with E-state index in [-0.39, 0.29) is 28.8 Å². The number of aliphatic hydroxyl groups is 1. The molecule has 6 rings (SSSR count). The van der Waals surface area contributed by atoms with E-state index in [2.05, 4.69) is 9.84 Å². The number of aromatic nitrogens is 4. The first kappa shape index (κ1) is 27.3. The van der Waals surface area contributed by atoms with Crippen molar-refractivity contribution in [3.8, 4) is 28.4 Å². The molecule has 2 aromatic heterocycles. The van der Waals surface area contributed by atoms with Gasteiger partial charge in [-0.1, -0.05) is 12.1 Å². The molecule has 1 aliphatic heterocycles. The maximum atomic E-state index is 13.3. The maximum absolute atomic E-state index is 13.3. The number of rotatable bonds is 8. The third kappa shape index (κ3) is 5.53. The topological polar surface area (TPSA) is 117 Å². The lowest BCUT2D eigenvalue weighted by atomic mass is 9.96. The Bertz CT molecular complexity index is 1600. The molecular weight excluding hydrogens is 539 g/mol. The largest absolute Gasteiger partial charge is 0.573 e. The molecule has 2 aromatic carbocycles. The molecule has 2 atom stereocenters. The van der Waals surface area contributed by atoms with Crippen LogP contribution in [0.3, 0.4) is 0 Å². The highest BCUT2D eigenvalue weighted by molar-refractivity contribution is 5.96. The summed E-state index contributed by atoms with van der Waals surface area (Å²) in [6.45, 7) is 1.55. The molecule has 1 saturated heterocycles. The van der Waals surface area contributed by atoms with Crippen molar-refractivity contribution in [2.24, 2.45) is 18.7 Å². The van der Waals surface area contributed by atoms with Crippen LogP contribution in [-0.4, -0.2) is 56.0 Å². The zero-order valence-electron chi connectivity index (χ0n) is 22.4. The van der Waals surface area contributed by atoms with Gasteiger partial charge in [-0.3, -0.25) is 9.48 Å². The van der Waals surface area contributed by atoms with Crippen molar-refractivity contribution in [1.29, 1.82) is 0 Å². The van der Waals surface area contributed by atoms with Gasteiger partial charge in [0.25, 0.3) is 0 Å². The van der Waals surface area contributed by atoms with E-state index >= 15 is 0 Å². The van der Waals surface area contributed by atoms with E-state index in [0.29, 0.717) is 25.5 Å². The number of halogens is 3. The van der Waals surface area contributed by atoms with E-state index in [1.807, 2.05) is 24.4 Å². The first-order valence-corrected chi connectivity index (χ1v) is 13.6. The monoisotopic (exact) mass is 569 g/mol. The second-order valence-electron chi connectivity index (χ2n) is 10.8. The Labute approximate surface area is 233 Å². The number of carbonyl (C=O) groups is 1. The van der Waals surface area contributed by atoms with Gasteiger partial charge in [-0.2, -0.15) is 5.10 Å². The van der Waals surface area contributed by atoms with Crippen molar-refractivity contribution in [3.05, 3.63) is 53.9 Å². The predicted molar refractivity (Wildman–Crippen MR) is 144 cm³/mol. The number of benzene rings is 2. The van der Waals surface area contributed by atoms with Gasteiger partial charge in [0.15, 0.2) is 0 Å². The van der Waals surface area contributed by atoms with Gasteiger partial charge in [-0.05, 0) is 49.9 Å². The van der Waals surface area contributed by atoms with Crippen LogP contribution in [0, 0.1) is 5.92 Å². The molecule has 1 amide bonds. The minimum absolute atomic E-state index is 0.0458. The summed E-state index contributed by atoms with van der Waals surface area (Å²) in [7, 11) is 1.77. The van der Waals surface area contributed by atoms with Crippen molar-refractivity contribution < 1.29 is 32.5 Å². The molecule has 0 bridgehead atoms. The molecule has 41 heavy (non-hydrogen) atoms. The standard InChI is InChI=1S/C29H30F3N5O4/c1-36-26(16-7-8-16)25(34-28(36)20-10-9-17(27(33)39)12-24(20)41-29(30,31)32)19-5-2-6-22-21(19)13-37(35-22)14-23(38)18-4-3-11-40-15-18/h2,5-6,9-10,12-13,16,18,23,38H,3-4,7-8,11,14-15H2,1H3,(H2,33,39). The molecule has 2 aliphatic rings. The van der Waals surface area contributed by atoms with E-state index in [4.69, 9.17) is 15.5 Å². The fraction of sp³-hybridized carbons (Fsp3) is 0.414. The van der Waals surface area contributed by atoms with Crippen LogP contribution in [0.1, 0.15) is 47.7 Å². The highest BCUT2D eigenvalue weighted by Crippen LogP contribution is 2.47. The van der Waals surface area contributed by atoms with Gasteiger partial charge in [0.1, 0.15) is 11.6 Å². The molecule has 9 nitrogen and oxygen atoms in total. The number of imidazole rings is 1. The summed E-state index contributed by atoms with van der Waals surface area (Å²) in [5.74, 6) is -0.902. The van der Waals surface area contributed by atoms with Crippen molar-refractivity contribution in [2.75, 3.05) is 13.2 Å². The summed E-state index contributed by atoms with van der Waals surface area (Å²) < 4.78 is 53.4. The fourth-order valence-corrected chi connectivity index (χ4v) is 5.65. The molecule has 4 aromatic rings. The van der Waals surface area contributed by atoms with Gasteiger partial charge in [0.05, 0.1) is 36.0 Å². The van der Waals surface area contributed by atoms with Gasteiger partial charge in [-0.15, -0.1) is 13.2 Å². The van der Waals surface area contributed by atoms with Crippen LogP contribution in [0.2, 0.25) is 0 Å². The summed E-state index contributed by atoms with van der Waals surface area (Å²) in [4.78, 5) is 16.6. The maximum Gasteiger partial charge on any atom is 0.573 e. The molecule has 216 valence electrons. The van der Waals surface area contributed by atoms with Crippen LogP contribution >= 0.6 is 0 Å². The van der Waals surface area contributed by atoms with E-state index in [1.165, 1.54) is 12.1 Å². The zero-order chi connectivity index (χ0) is 28.9. The Morgan fingerprint density at radius 3 is 2.71 bits per heavy atom. The molecule has 2 fully saturated rings. The number of carbonyl (C=O) groups excluding carboxylic acids is 1. The first-order valence-electron chi connectivity index (χ1n) is 13.6. The molecule has 3 N–H and O–H groups in total. The van der Waals surface area contributed by atoms with Gasteiger partial charge in [0, 0.05) is 53.9 Å². The number of fused-ring (bicyclic) bond motifs is 1. The molecule has 12 heteroatoms. The number of hydrogen-bond donors (Lipinski definition) is 2. The van der Waals surface area contributed by atoms with Crippen molar-refractivity contribution in [3.63, 3.8) is 0 Å². The third-order valence-electron chi connectivity index (χ3n) is 7.80. The van der Waals surface area contributed by atoms with Crippen molar-refractivity contribution >= 4 is 16.8 Å². The van der Waals surface area contributed by atoms with E-state index < -0.39 is 24.1 Å². The SMILES string of the molecule is Cn1c(-c2ccc(C(N)=O)cc2OC(F)(F)F)nc(-c2cccc3nn(CC(O)C4CCCOC4)cc23)c1C1CC1.